The molecular formula is C10H11ClFNO5S. The quantitative estimate of drug-likeness (QED) is 0.713. The minimum absolute atomic E-state index is 0.298. The van der Waals surface area contributed by atoms with E-state index in [1.807, 2.05) is 4.72 Å². The molecule has 0 aliphatic carbocycles. The van der Waals surface area contributed by atoms with Crippen LogP contribution in [0.3, 0.4) is 0 Å². The minimum Gasteiger partial charge on any atom is -0.480 e. The molecule has 0 radical (unpaired) electrons. The number of aliphatic carboxylic acids is 1. The summed E-state index contributed by atoms with van der Waals surface area (Å²) < 4.78 is 38.5. The van der Waals surface area contributed by atoms with Crippen molar-refractivity contribution in [3.63, 3.8) is 0 Å². The number of carboxylic acids is 1. The molecule has 0 fully saturated rings. The summed E-state index contributed by atoms with van der Waals surface area (Å²) in [4.78, 5) is 10.4. The summed E-state index contributed by atoms with van der Waals surface area (Å²) in [5, 5.41) is 17.1. The maximum atomic E-state index is 12.8. The molecule has 0 saturated heterocycles. The number of benzene rings is 1. The first-order valence-corrected chi connectivity index (χ1v) is 6.95. The second kappa shape index (κ2) is 6.29. The summed E-state index contributed by atoms with van der Waals surface area (Å²) in [6.07, 6.45) is -0.298. The van der Waals surface area contributed by atoms with Gasteiger partial charge in [0.05, 0.1) is 5.02 Å². The van der Waals surface area contributed by atoms with Crippen LogP contribution in [0.4, 0.5) is 4.39 Å². The lowest BCUT2D eigenvalue weighted by Gasteiger charge is -2.14. The van der Waals surface area contributed by atoms with Gasteiger partial charge < -0.3 is 10.2 Å². The molecule has 0 saturated carbocycles. The number of hydrogen-bond acceptors (Lipinski definition) is 4. The second-order valence-electron chi connectivity index (χ2n) is 3.60. The Bertz CT molecular complexity index is 577. The SMILES string of the molecule is O=C(O)C(CCO)NS(=O)(=O)c1ccc(F)cc1Cl. The largest absolute Gasteiger partial charge is 0.480 e. The Morgan fingerprint density at radius 1 is 1.47 bits per heavy atom. The maximum Gasteiger partial charge on any atom is 0.321 e. The Morgan fingerprint density at radius 3 is 2.58 bits per heavy atom. The number of halogens is 2. The van der Waals surface area contributed by atoms with Crippen molar-refractivity contribution in [3.8, 4) is 0 Å². The van der Waals surface area contributed by atoms with Crippen molar-refractivity contribution in [1.29, 1.82) is 0 Å². The zero-order chi connectivity index (χ0) is 14.6. The molecule has 106 valence electrons. The van der Waals surface area contributed by atoms with E-state index in [1.54, 1.807) is 0 Å². The molecule has 0 aliphatic heterocycles. The Morgan fingerprint density at radius 2 is 2.11 bits per heavy atom. The first-order chi connectivity index (χ1) is 8.77. The zero-order valence-corrected chi connectivity index (χ0v) is 11.1. The van der Waals surface area contributed by atoms with E-state index >= 15 is 0 Å². The average Bonchev–Trinajstić information content (AvgIpc) is 2.27. The smallest absolute Gasteiger partial charge is 0.321 e. The van der Waals surface area contributed by atoms with Gasteiger partial charge in [-0.15, -0.1) is 0 Å². The van der Waals surface area contributed by atoms with Crippen LogP contribution < -0.4 is 4.72 Å². The molecule has 19 heavy (non-hydrogen) atoms. The molecule has 0 spiro atoms. The number of hydrogen-bond donors (Lipinski definition) is 3. The van der Waals surface area contributed by atoms with E-state index in [0.29, 0.717) is 0 Å². The number of sulfonamides is 1. The van der Waals surface area contributed by atoms with Crippen LogP contribution >= 0.6 is 11.6 Å². The lowest BCUT2D eigenvalue weighted by Crippen LogP contribution is -2.41. The number of carboxylic acid groups (broad SMARTS) is 1. The van der Waals surface area contributed by atoms with Gasteiger partial charge in [-0.05, 0) is 24.6 Å². The fourth-order valence-electron chi connectivity index (χ4n) is 1.31. The molecule has 6 nitrogen and oxygen atoms in total. The van der Waals surface area contributed by atoms with Crippen LogP contribution in [0.5, 0.6) is 0 Å². The molecule has 0 aliphatic rings. The molecule has 3 N–H and O–H groups in total. The number of rotatable bonds is 6. The van der Waals surface area contributed by atoms with Crippen LogP contribution in [-0.4, -0.2) is 37.2 Å². The average molecular weight is 312 g/mol. The zero-order valence-electron chi connectivity index (χ0n) is 9.51. The van der Waals surface area contributed by atoms with Crippen molar-refractivity contribution in [1.82, 2.24) is 4.72 Å². The van der Waals surface area contributed by atoms with Gasteiger partial charge in [0.25, 0.3) is 0 Å². The highest BCUT2D eigenvalue weighted by molar-refractivity contribution is 7.89. The molecule has 9 heteroatoms. The highest BCUT2D eigenvalue weighted by Gasteiger charge is 2.26. The fourth-order valence-corrected chi connectivity index (χ4v) is 3.06. The third-order valence-electron chi connectivity index (χ3n) is 2.20. The van der Waals surface area contributed by atoms with Crippen molar-refractivity contribution in [2.75, 3.05) is 6.61 Å². The van der Waals surface area contributed by atoms with Gasteiger partial charge in [-0.3, -0.25) is 4.79 Å². The third-order valence-corrected chi connectivity index (χ3v) is 4.15. The van der Waals surface area contributed by atoms with E-state index in [0.717, 1.165) is 18.2 Å². The molecule has 1 aromatic rings. The monoisotopic (exact) mass is 311 g/mol. The van der Waals surface area contributed by atoms with Crippen molar-refractivity contribution in [2.45, 2.75) is 17.4 Å². The van der Waals surface area contributed by atoms with Gasteiger partial charge in [0.2, 0.25) is 10.0 Å². The molecule has 0 aromatic heterocycles. The lowest BCUT2D eigenvalue weighted by molar-refractivity contribution is -0.139. The van der Waals surface area contributed by atoms with Gasteiger partial charge in [0.15, 0.2) is 0 Å². The normalized spacial score (nSPS) is 13.2. The summed E-state index contributed by atoms with van der Waals surface area (Å²) in [6, 6.07) is 1.13. The van der Waals surface area contributed by atoms with Crippen LogP contribution in [-0.2, 0) is 14.8 Å². The van der Waals surface area contributed by atoms with Crippen molar-refractivity contribution < 1.29 is 27.8 Å². The standard InChI is InChI=1S/C10H11ClFNO5S/c11-7-5-6(12)1-2-9(7)19(17,18)13-8(3-4-14)10(15)16/h1-2,5,8,13-14H,3-4H2,(H,15,16). The summed E-state index contributed by atoms with van der Waals surface area (Å²) in [6.45, 7) is -0.503. The van der Waals surface area contributed by atoms with Crippen LogP contribution in [0, 0.1) is 5.82 Å². The predicted octanol–water partition coefficient (Wildman–Crippen LogP) is 0.593. The third kappa shape index (κ3) is 4.13. The number of aliphatic hydroxyl groups is 1. The highest BCUT2D eigenvalue weighted by atomic mass is 35.5. The van der Waals surface area contributed by atoms with Gasteiger partial charge >= 0.3 is 5.97 Å². The number of carbonyl (C=O) groups is 1. The molecule has 0 amide bonds. The van der Waals surface area contributed by atoms with E-state index in [2.05, 4.69) is 0 Å². The molecule has 1 unspecified atom stereocenters. The van der Waals surface area contributed by atoms with Crippen molar-refractivity contribution in [2.24, 2.45) is 0 Å². The van der Waals surface area contributed by atoms with Gasteiger partial charge in [-0.2, -0.15) is 4.72 Å². The number of nitrogens with one attached hydrogen (secondary N) is 1. The molecule has 0 heterocycles. The van der Waals surface area contributed by atoms with Crippen molar-refractivity contribution >= 4 is 27.6 Å². The Hall–Kier alpha value is -1.22. The molecular weight excluding hydrogens is 301 g/mol. The van der Waals surface area contributed by atoms with Crippen LogP contribution in [0.1, 0.15) is 6.42 Å². The first-order valence-electron chi connectivity index (χ1n) is 5.09. The van der Waals surface area contributed by atoms with Crippen LogP contribution in [0.25, 0.3) is 0 Å². The molecule has 1 aromatic carbocycles. The maximum absolute atomic E-state index is 12.8. The minimum atomic E-state index is -4.21. The van der Waals surface area contributed by atoms with E-state index in [9.17, 15) is 17.6 Å². The van der Waals surface area contributed by atoms with Crippen LogP contribution in [0.2, 0.25) is 5.02 Å². The Labute approximate surface area is 113 Å². The van der Waals surface area contributed by atoms with E-state index in [1.165, 1.54) is 0 Å². The van der Waals surface area contributed by atoms with E-state index < -0.39 is 39.4 Å². The molecule has 0 bridgehead atoms. The second-order valence-corrected chi connectivity index (χ2v) is 5.69. The lowest BCUT2D eigenvalue weighted by atomic mass is 10.2. The van der Waals surface area contributed by atoms with Gasteiger partial charge in [0, 0.05) is 6.61 Å². The molecule has 1 rings (SSSR count). The number of aliphatic hydroxyl groups excluding tert-OH is 1. The molecule has 1 atom stereocenters. The topological polar surface area (TPSA) is 104 Å². The first kappa shape index (κ1) is 15.8. The summed E-state index contributed by atoms with van der Waals surface area (Å²) in [5.41, 5.74) is 0. The van der Waals surface area contributed by atoms with Gasteiger partial charge in [0.1, 0.15) is 16.8 Å². The summed E-state index contributed by atoms with van der Waals surface area (Å²) >= 11 is 5.60. The Kier molecular flexibility index (Phi) is 5.24. The highest BCUT2D eigenvalue weighted by Crippen LogP contribution is 2.22. The van der Waals surface area contributed by atoms with Crippen molar-refractivity contribution in [3.05, 3.63) is 29.0 Å². The summed E-state index contributed by atoms with van der Waals surface area (Å²) in [7, 11) is -4.21. The Balaban J connectivity index is 3.06. The van der Waals surface area contributed by atoms with E-state index in [4.69, 9.17) is 21.8 Å². The van der Waals surface area contributed by atoms with Gasteiger partial charge in [-0.1, -0.05) is 11.6 Å². The van der Waals surface area contributed by atoms with Crippen LogP contribution in [0.15, 0.2) is 23.1 Å². The van der Waals surface area contributed by atoms with Gasteiger partial charge in [-0.25, -0.2) is 12.8 Å². The van der Waals surface area contributed by atoms with E-state index in [-0.39, 0.29) is 11.4 Å². The fraction of sp³-hybridized carbons (Fsp3) is 0.300. The predicted molar refractivity (Wildman–Crippen MR) is 64.9 cm³/mol. The summed E-state index contributed by atoms with van der Waals surface area (Å²) in [5.74, 6) is -2.15.